The van der Waals surface area contributed by atoms with Gasteiger partial charge in [-0.1, -0.05) is 6.92 Å². The highest BCUT2D eigenvalue weighted by Crippen LogP contribution is 2.39. The molecule has 1 aliphatic heterocycles. The molecule has 1 aliphatic rings. The van der Waals surface area contributed by atoms with E-state index in [0.29, 0.717) is 11.6 Å². The zero-order valence-electron chi connectivity index (χ0n) is 13.7. The zero-order valence-corrected chi connectivity index (χ0v) is 13.7. The third-order valence-corrected chi connectivity index (χ3v) is 4.45. The molecule has 0 N–H and O–H groups in total. The van der Waals surface area contributed by atoms with Crippen molar-refractivity contribution >= 4 is 13.2 Å². The number of nitrogens with zero attached hydrogens (tertiary/aromatic N) is 2. The van der Waals surface area contributed by atoms with E-state index in [4.69, 9.17) is 9.31 Å². The fraction of sp³-hybridized carbons (Fsp3) is 0.667. The molecule has 0 aromatic carbocycles. The normalized spacial score (nSPS) is 22.6. The Morgan fingerprint density at radius 2 is 1.95 bits per heavy atom. The van der Waals surface area contributed by atoms with E-state index in [9.17, 15) is 4.39 Å². The molecule has 1 aromatic rings. The SMILES string of the molecule is CCC(C)n1cc(C=C(F)B2OC(C)(C)C(C)(C)O2)cn1. The molecule has 1 unspecified atom stereocenters. The van der Waals surface area contributed by atoms with Gasteiger partial charge in [-0.2, -0.15) is 5.10 Å². The topological polar surface area (TPSA) is 36.3 Å². The van der Waals surface area contributed by atoms with Crippen LogP contribution in [0.15, 0.2) is 18.1 Å². The van der Waals surface area contributed by atoms with Crippen molar-refractivity contribution in [2.75, 3.05) is 0 Å². The van der Waals surface area contributed by atoms with Crippen molar-refractivity contribution < 1.29 is 13.7 Å². The minimum atomic E-state index is -0.957. The Morgan fingerprint density at radius 3 is 2.48 bits per heavy atom. The first-order valence-electron chi connectivity index (χ1n) is 7.43. The third-order valence-electron chi connectivity index (χ3n) is 4.45. The lowest BCUT2D eigenvalue weighted by Gasteiger charge is -2.32. The van der Waals surface area contributed by atoms with Crippen LogP contribution in [0.25, 0.3) is 6.08 Å². The van der Waals surface area contributed by atoms with Crippen LogP contribution in [0.4, 0.5) is 4.39 Å². The lowest BCUT2D eigenvalue weighted by atomic mass is 9.87. The molecule has 2 heterocycles. The average molecular weight is 294 g/mol. The highest BCUT2D eigenvalue weighted by Gasteiger charge is 2.53. The van der Waals surface area contributed by atoms with Crippen LogP contribution in [-0.2, 0) is 9.31 Å². The monoisotopic (exact) mass is 294 g/mol. The van der Waals surface area contributed by atoms with E-state index >= 15 is 0 Å². The van der Waals surface area contributed by atoms with Crippen LogP contribution in [0, 0.1) is 0 Å². The molecular formula is C15H24BFN2O2. The number of hydrogen-bond donors (Lipinski definition) is 0. The van der Waals surface area contributed by atoms with Gasteiger partial charge in [-0.15, -0.1) is 0 Å². The minimum Gasteiger partial charge on any atom is -0.398 e. The van der Waals surface area contributed by atoms with E-state index in [-0.39, 0.29) is 0 Å². The molecule has 116 valence electrons. The van der Waals surface area contributed by atoms with Crippen LogP contribution >= 0.6 is 0 Å². The van der Waals surface area contributed by atoms with Gasteiger partial charge in [0.15, 0.2) is 0 Å². The Labute approximate surface area is 126 Å². The summed E-state index contributed by atoms with van der Waals surface area (Å²) in [6, 6.07) is 0.298. The maximum Gasteiger partial charge on any atom is 0.525 e. The molecule has 21 heavy (non-hydrogen) atoms. The molecule has 1 fully saturated rings. The number of hydrogen-bond acceptors (Lipinski definition) is 3. The van der Waals surface area contributed by atoms with Gasteiger partial charge in [0, 0.05) is 17.8 Å². The molecule has 0 saturated carbocycles. The van der Waals surface area contributed by atoms with Gasteiger partial charge in [-0.05, 0) is 47.1 Å². The second kappa shape index (κ2) is 5.57. The zero-order chi connectivity index (χ0) is 15.8. The standard InChI is InChI=1S/C15H24BFN2O2/c1-7-11(2)19-10-12(9-18-19)8-13(17)16-20-14(3,4)15(5,6)21-16/h8-11H,7H2,1-6H3. The summed E-state index contributed by atoms with van der Waals surface area (Å²) >= 11 is 0. The van der Waals surface area contributed by atoms with Crippen LogP contribution in [0.5, 0.6) is 0 Å². The highest BCUT2D eigenvalue weighted by molar-refractivity contribution is 6.54. The van der Waals surface area contributed by atoms with E-state index in [2.05, 4.69) is 18.9 Å². The maximum absolute atomic E-state index is 14.3. The summed E-state index contributed by atoms with van der Waals surface area (Å²) in [5.41, 5.74) is -0.798. The highest BCUT2D eigenvalue weighted by atomic mass is 19.1. The van der Waals surface area contributed by atoms with E-state index in [1.165, 1.54) is 6.08 Å². The second-order valence-electron chi connectivity index (χ2n) is 6.63. The smallest absolute Gasteiger partial charge is 0.398 e. The van der Waals surface area contributed by atoms with Crippen LogP contribution in [-0.4, -0.2) is 28.1 Å². The lowest BCUT2D eigenvalue weighted by Crippen LogP contribution is -2.41. The summed E-state index contributed by atoms with van der Waals surface area (Å²) in [4.78, 5) is 0. The first kappa shape index (κ1) is 16.2. The van der Waals surface area contributed by atoms with Crippen LogP contribution < -0.4 is 0 Å². The first-order chi connectivity index (χ1) is 9.66. The van der Waals surface area contributed by atoms with Crippen molar-refractivity contribution in [3.8, 4) is 0 Å². The molecule has 0 radical (unpaired) electrons. The molecule has 1 aromatic heterocycles. The van der Waals surface area contributed by atoms with Crippen molar-refractivity contribution in [3.05, 3.63) is 23.7 Å². The van der Waals surface area contributed by atoms with Gasteiger partial charge < -0.3 is 9.31 Å². The van der Waals surface area contributed by atoms with Crippen LogP contribution in [0.3, 0.4) is 0 Å². The first-order valence-corrected chi connectivity index (χ1v) is 7.43. The molecule has 6 heteroatoms. The van der Waals surface area contributed by atoms with Gasteiger partial charge in [0.25, 0.3) is 0 Å². The summed E-state index contributed by atoms with van der Waals surface area (Å²) in [6.07, 6.45) is 5.88. The Bertz CT molecular complexity index is 524. The van der Waals surface area contributed by atoms with Gasteiger partial charge in [-0.25, -0.2) is 4.39 Å². The van der Waals surface area contributed by atoms with Crippen molar-refractivity contribution in [2.45, 2.75) is 65.2 Å². The molecule has 0 spiro atoms. The summed E-state index contributed by atoms with van der Waals surface area (Å²) < 4.78 is 27.5. The summed E-state index contributed by atoms with van der Waals surface area (Å²) in [5.74, 6) is 0. The van der Waals surface area contributed by atoms with Crippen molar-refractivity contribution in [1.29, 1.82) is 0 Å². The van der Waals surface area contributed by atoms with Crippen LogP contribution in [0.2, 0.25) is 0 Å². The Morgan fingerprint density at radius 1 is 1.38 bits per heavy atom. The summed E-state index contributed by atoms with van der Waals surface area (Å²) in [7, 11) is -0.957. The lowest BCUT2D eigenvalue weighted by molar-refractivity contribution is 0.00578. The van der Waals surface area contributed by atoms with Gasteiger partial charge in [-0.3, -0.25) is 4.68 Å². The van der Waals surface area contributed by atoms with Crippen molar-refractivity contribution in [3.63, 3.8) is 0 Å². The fourth-order valence-electron chi connectivity index (χ4n) is 2.04. The summed E-state index contributed by atoms with van der Waals surface area (Å²) in [5, 5.41) is 4.25. The fourth-order valence-corrected chi connectivity index (χ4v) is 2.04. The van der Waals surface area contributed by atoms with Crippen LogP contribution in [0.1, 0.15) is 59.6 Å². The largest absolute Gasteiger partial charge is 0.525 e. The van der Waals surface area contributed by atoms with Gasteiger partial charge >= 0.3 is 7.12 Å². The quantitative estimate of drug-likeness (QED) is 0.793. The van der Waals surface area contributed by atoms with E-state index in [1.54, 1.807) is 6.20 Å². The predicted octanol–water partition coefficient (Wildman–Crippen LogP) is 3.80. The Balaban J connectivity index is 2.14. The molecule has 0 aliphatic carbocycles. The van der Waals surface area contributed by atoms with Gasteiger partial charge in [0.1, 0.15) is 5.73 Å². The second-order valence-corrected chi connectivity index (χ2v) is 6.63. The Hall–Kier alpha value is -1.14. The molecule has 2 rings (SSSR count). The maximum atomic E-state index is 14.3. The van der Waals surface area contributed by atoms with Crippen molar-refractivity contribution in [1.82, 2.24) is 9.78 Å². The van der Waals surface area contributed by atoms with Crippen molar-refractivity contribution in [2.24, 2.45) is 0 Å². The van der Waals surface area contributed by atoms with E-state index in [1.807, 2.05) is 38.6 Å². The molecule has 1 saturated heterocycles. The van der Waals surface area contributed by atoms with E-state index < -0.39 is 24.0 Å². The summed E-state index contributed by atoms with van der Waals surface area (Å²) in [6.45, 7) is 11.8. The average Bonchev–Trinajstić information content (AvgIpc) is 2.92. The van der Waals surface area contributed by atoms with Gasteiger partial charge in [0.05, 0.1) is 17.4 Å². The molecule has 1 atom stereocenters. The number of aromatic nitrogens is 2. The number of halogens is 1. The molecule has 0 amide bonds. The minimum absolute atomic E-state index is 0.298. The number of rotatable bonds is 4. The molecular weight excluding hydrogens is 270 g/mol. The van der Waals surface area contributed by atoms with Gasteiger partial charge in [0.2, 0.25) is 0 Å². The molecule has 0 bridgehead atoms. The van der Waals surface area contributed by atoms with E-state index in [0.717, 1.165) is 6.42 Å². The predicted molar refractivity (Wildman–Crippen MR) is 82.4 cm³/mol. The Kier molecular flexibility index (Phi) is 4.31. The third kappa shape index (κ3) is 3.21. The molecule has 4 nitrogen and oxygen atoms in total.